The van der Waals surface area contributed by atoms with Crippen LogP contribution in [-0.4, -0.2) is 24.5 Å². The molecule has 0 aromatic heterocycles. The van der Waals surface area contributed by atoms with Crippen LogP contribution in [0, 0.1) is 5.92 Å². The minimum atomic E-state index is -0.483. The number of amides is 1. The number of carbonyl (C=O) groups is 2. The molecule has 1 saturated carbocycles. The zero-order valence-electron chi connectivity index (χ0n) is 12.1. The fourth-order valence-corrected chi connectivity index (χ4v) is 3.01. The fourth-order valence-electron chi connectivity index (χ4n) is 2.61. The van der Waals surface area contributed by atoms with Crippen molar-refractivity contribution >= 4 is 27.8 Å². The Balaban J connectivity index is 1.79. The number of hydrogen-bond donors (Lipinski definition) is 1. The van der Waals surface area contributed by atoms with Crippen LogP contribution in [0.3, 0.4) is 0 Å². The van der Waals surface area contributed by atoms with Crippen LogP contribution in [0.15, 0.2) is 28.7 Å². The lowest BCUT2D eigenvalue weighted by Crippen LogP contribution is -2.42. The van der Waals surface area contributed by atoms with Crippen LogP contribution in [0.1, 0.15) is 43.0 Å². The summed E-state index contributed by atoms with van der Waals surface area (Å²) < 4.78 is 5.85. The van der Waals surface area contributed by atoms with E-state index in [1.54, 1.807) is 18.2 Å². The molecule has 0 aliphatic heterocycles. The van der Waals surface area contributed by atoms with Gasteiger partial charge in [-0.05, 0) is 37.0 Å². The Morgan fingerprint density at radius 1 is 1.33 bits per heavy atom. The molecule has 1 aliphatic carbocycles. The Morgan fingerprint density at radius 3 is 2.81 bits per heavy atom. The van der Waals surface area contributed by atoms with Gasteiger partial charge in [0.15, 0.2) is 6.61 Å². The van der Waals surface area contributed by atoms with Gasteiger partial charge in [-0.3, -0.25) is 4.79 Å². The van der Waals surface area contributed by atoms with Crippen LogP contribution in [-0.2, 0) is 9.53 Å². The third-order valence-electron chi connectivity index (χ3n) is 3.85. The molecule has 1 aromatic rings. The molecule has 0 saturated heterocycles. The summed E-state index contributed by atoms with van der Waals surface area (Å²) in [6.45, 7) is 1.92. The normalized spacial score (nSPS) is 21.6. The number of benzene rings is 1. The van der Waals surface area contributed by atoms with Gasteiger partial charge in [-0.2, -0.15) is 0 Å². The monoisotopic (exact) mass is 353 g/mol. The third-order valence-corrected chi connectivity index (χ3v) is 4.35. The van der Waals surface area contributed by atoms with Gasteiger partial charge in [0, 0.05) is 10.5 Å². The molecule has 2 rings (SSSR count). The van der Waals surface area contributed by atoms with E-state index in [-0.39, 0.29) is 18.6 Å². The highest BCUT2D eigenvalue weighted by atomic mass is 79.9. The zero-order valence-corrected chi connectivity index (χ0v) is 13.7. The van der Waals surface area contributed by atoms with Gasteiger partial charge in [0.05, 0.1) is 5.56 Å². The van der Waals surface area contributed by atoms with Gasteiger partial charge in [0.2, 0.25) is 0 Å². The zero-order chi connectivity index (χ0) is 15.2. The minimum Gasteiger partial charge on any atom is -0.452 e. The topological polar surface area (TPSA) is 55.4 Å². The van der Waals surface area contributed by atoms with E-state index in [1.807, 2.05) is 6.07 Å². The number of nitrogens with one attached hydrogen (secondary N) is 1. The molecule has 5 heteroatoms. The second kappa shape index (κ2) is 7.59. The fraction of sp³-hybridized carbons (Fsp3) is 0.500. The number of esters is 1. The maximum absolute atomic E-state index is 11.9. The van der Waals surface area contributed by atoms with E-state index in [0.29, 0.717) is 11.5 Å². The predicted molar refractivity (Wildman–Crippen MR) is 84.0 cm³/mol. The molecule has 1 N–H and O–H groups in total. The molecular weight excluding hydrogens is 334 g/mol. The van der Waals surface area contributed by atoms with Crippen molar-refractivity contribution in [1.82, 2.24) is 5.32 Å². The lowest BCUT2D eigenvalue weighted by atomic mass is 9.86. The Morgan fingerprint density at radius 2 is 2.10 bits per heavy atom. The summed E-state index contributed by atoms with van der Waals surface area (Å²) in [5.41, 5.74) is 0.434. The Labute approximate surface area is 133 Å². The van der Waals surface area contributed by atoms with Gasteiger partial charge in [-0.25, -0.2) is 4.79 Å². The average Bonchev–Trinajstić information content (AvgIpc) is 2.47. The smallest absolute Gasteiger partial charge is 0.338 e. The van der Waals surface area contributed by atoms with Crippen molar-refractivity contribution in [3.63, 3.8) is 0 Å². The largest absolute Gasteiger partial charge is 0.452 e. The molecule has 114 valence electrons. The molecule has 0 spiro atoms. The van der Waals surface area contributed by atoms with E-state index in [4.69, 9.17) is 4.74 Å². The van der Waals surface area contributed by atoms with E-state index in [9.17, 15) is 9.59 Å². The number of hydrogen-bond acceptors (Lipinski definition) is 3. The van der Waals surface area contributed by atoms with Gasteiger partial charge >= 0.3 is 5.97 Å². The van der Waals surface area contributed by atoms with Crippen molar-refractivity contribution in [3.05, 3.63) is 34.3 Å². The SMILES string of the molecule is C[C@@H]1CCCC[C@@H]1NC(=O)COC(=O)c1cccc(Br)c1. The molecule has 2 atom stereocenters. The molecule has 4 nitrogen and oxygen atoms in total. The molecule has 0 unspecified atom stereocenters. The molecule has 1 aromatic carbocycles. The molecule has 0 bridgehead atoms. The number of carbonyl (C=O) groups excluding carboxylic acids is 2. The molecule has 0 radical (unpaired) electrons. The first-order valence-corrected chi connectivity index (χ1v) is 8.07. The molecule has 1 amide bonds. The minimum absolute atomic E-state index is 0.204. The van der Waals surface area contributed by atoms with E-state index in [2.05, 4.69) is 28.2 Å². The summed E-state index contributed by atoms with van der Waals surface area (Å²) in [5, 5.41) is 2.96. The van der Waals surface area contributed by atoms with Crippen molar-refractivity contribution in [2.45, 2.75) is 38.6 Å². The summed E-state index contributed by atoms with van der Waals surface area (Å²) in [6, 6.07) is 7.12. The number of ether oxygens (including phenoxy) is 1. The van der Waals surface area contributed by atoms with Crippen molar-refractivity contribution in [2.24, 2.45) is 5.92 Å². The number of halogens is 1. The van der Waals surface area contributed by atoms with Gasteiger partial charge < -0.3 is 10.1 Å². The first kappa shape index (κ1) is 16.0. The van der Waals surface area contributed by atoms with Crippen molar-refractivity contribution in [1.29, 1.82) is 0 Å². The van der Waals surface area contributed by atoms with E-state index >= 15 is 0 Å². The van der Waals surface area contributed by atoms with Crippen molar-refractivity contribution in [2.75, 3.05) is 6.61 Å². The maximum atomic E-state index is 11.9. The van der Waals surface area contributed by atoms with Crippen LogP contribution in [0.25, 0.3) is 0 Å². The van der Waals surface area contributed by atoms with Crippen molar-refractivity contribution < 1.29 is 14.3 Å². The second-order valence-electron chi connectivity index (χ2n) is 5.52. The Hall–Kier alpha value is -1.36. The van der Waals surface area contributed by atoms with Gasteiger partial charge in [-0.1, -0.05) is 41.8 Å². The molecular formula is C16H20BrNO3. The van der Waals surface area contributed by atoms with Crippen LogP contribution < -0.4 is 5.32 Å². The Kier molecular flexibility index (Phi) is 5.79. The molecule has 1 aliphatic rings. The first-order valence-electron chi connectivity index (χ1n) is 7.28. The summed E-state index contributed by atoms with van der Waals surface area (Å²) in [6.07, 6.45) is 4.52. The van der Waals surface area contributed by atoms with E-state index < -0.39 is 5.97 Å². The standard InChI is InChI=1S/C16H20BrNO3/c1-11-5-2-3-8-14(11)18-15(19)10-21-16(20)12-6-4-7-13(17)9-12/h4,6-7,9,11,14H,2-3,5,8,10H2,1H3,(H,18,19)/t11-,14+/m1/s1. The quantitative estimate of drug-likeness (QED) is 0.844. The highest BCUT2D eigenvalue weighted by Gasteiger charge is 2.23. The maximum Gasteiger partial charge on any atom is 0.338 e. The second-order valence-corrected chi connectivity index (χ2v) is 6.44. The average molecular weight is 354 g/mol. The summed E-state index contributed by atoms with van der Waals surface area (Å²) in [4.78, 5) is 23.7. The third kappa shape index (κ3) is 4.84. The molecule has 0 heterocycles. The summed E-state index contributed by atoms with van der Waals surface area (Å²) in [5.74, 6) is -0.219. The van der Waals surface area contributed by atoms with Crippen molar-refractivity contribution in [3.8, 4) is 0 Å². The van der Waals surface area contributed by atoms with Gasteiger partial charge in [-0.15, -0.1) is 0 Å². The molecule has 21 heavy (non-hydrogen) atoms. The van der Waals surface area contributed by atoms with Crippen LogP contribution in [0.5, 0.6) is 0 Å². The summed E-state index contributed by atoms with van der Waals surface area (Å²) in [7, 11) is 0. The lowest BCUT2D eigenvalue weighted by molar-refractivity contribution is -0.125. The highest BCUT2D eigenvalue weighted by molar-refractivity contribution is 9.10. The Bertz CT molecular complexity index is 518. The first-order chi connectivity index (χ1) is 10.1. The highest BCUT2D eigenvalue weighted by Crippen LogP contribution is 2.23. The van der Waals surface area contributed by atoms with E-state index in [0.717, 1.165) is 23.7 Å². The predicted octanol–water partition coefficient (Wildman–Crippen LogP) is 3.30. The van der Waals surface area contributed by atoms with Crippen LogP contribution in [0.2, 0.25) is 0 Å². The number of rotatable bonds is 4. The van der Waals surface area contributed by atoms with Gasteiger partial charge in [0.1, 0.15) is 0 Å². The summed E-state index contributed by atoms with van der Waals surface area (Å²) >= 11 is 3.30. The molecule has 1 fully saturated rings. The van der Waals surface area contributed by atoms with Crippen LogP contribution in [0.4, 0.5) is 0 Å². The van der Waals surface area contributed by atoms with Crippen LogP contribution >= 0.6 is 15.9 Å². The lowest BCUT2D eigenvalue weighted by Gasteiger charge is -2.29. The van der Waals surface area contributed by atoms with Gasteiger partial charge in [0.25, 0.3) is 5.91 Å². The van der Waals surface area contributed by atoms with E-state index in [1.165, 1.54) is 6.42 Å².